The Morgan fingerprint density at radius 3 is 2.75 bits per heavy atom. The van der Waals surface area contributed by atoms with Gasteiger partial charge in [0.05, 0.1) is 13.0 Å². The average Bonchev–Trinajstić information content (AvgIpc) is 2.48. The first-order chi connectivity index (χ1) is 9.52. The molecule has 2 rings (SSSR count). The van der Waals surface area contributed by atoms with Crippen molar-refractivity contribution in [2.75, 3.05) is 27.2 Å². The standard InChI is InChI=1S/C13H19N3O4/c1-15-11(17)6-5-10(14-15)12(18)16-7-3-4-9(8-16)13(19)20-2/h9H,3-8H2,1-2H3/t9-/m0/s1. The molecule has 0 aliphatic carbocycles. The molecular formula is C13H19N3O4. The molecule has 0 radical (unpaired) electrons. The van der Waals surface area contributed by atoms with Crippen molar-refractivity contribution in [3.8, 4) is 0 Å². The summed E-state index contributed by atoms with van der Waals surface area (Å²) in [5, 5.41) is 5.23. The minimum Gasteiger partial charge on any atom is -0.469 e. The molecule has 0 bridgehead atoms. The van der Waals surface area contributed by atoms with E-state index < -0.39 is 0 Å². The Bertz CT molecular complexity index is 461. The van der Waals surface area contributed by atoms with Crippen LogP contribution in [0.15, 0.2) is 5.10 Å². The predicted molar refractivity (Wildman–Crippen MR) is 70.8 cm³/mol. The van der Waals surface area contributed by atoms with E-state index >= 15 is 0 Å². The van der Waals surface area contributed by atoms with E-state index in [4.69, 9.17) is 4.74 Å². The molecule has 0 spiro atoms. The molecule has 2 amide bonds. The maximum atomic E-state index is 12.4. The average molecular weight is 281 g/mol. The highest BCUT2D eigenvalue weighted by molar-refractivity contribution is 6.39. The number of rotatable bonds is 2. The van der Waals surface area contributed by atoms with Gasteiger partial charge in [-0.2, -0.15) is 5.10 Å². The number of hydrogen-bond donors (Lipinski definition) is 0. The van der Waals surface area contributed by atoms with E-state index in [9.17, 15) is 14.4 Å². The zero-order valence-corrected chi connectivity index (χ0v) is 11.8. The lowest BCUT2D eigenvalue weighted by Gasteiger charge is -2.32. The van der Waals surface area contributed by atoms with Crippen molar-refractivity contribution >= 4 is 23.5 Å². The number of carbonyl (C=O) groups excluding carboxylic acids is 3. The number of carbonyl (C=O) groups is 3. The number of ether oxygens (including phenoxy) is 1. The molecule has 0 aromatic carbocycles. The first-order valence-corrected chi connectivity index (χ1v) is 6.74. The van der Waals surface area contributed by atoms with Crippen LogP contribution >= 0.6 is 0 Å². The van der Waals surface area contributed by atoms with Crippen LogP contribution in [0, 0.1) is 5.92 Å². The van der Waals surface area contributed by atoms with Crippen LogP contribution in [0.5, 0.6) is 0 Å². The molecule has 2 aliphatic rings. The largest absolute Gasteiger partial charge is 0.469 e. The molecule has 110 valence electrons. The van der Waals surface area contributed by atoms with Crippen LogP contribution in [-0.2, 0) is 19.1 Å². The zero-order chi connectivity index (χ0) is 14.7. The highest BCUT2D eigenvalue weighted by atomic mass is 16.5. The van der Waals surface area contributed by atoms with Gasteiger partial charge in [0.2, 0.25) is 5.91 Å². The molecule has 2 heterocycles. The fraction of sp³-hybridized carbons (Fsp3) is 0.692. The molecule has 1 fully saturated rings. The van der Waals surface area contributed by atoms with Crippen molar-refractivity contribution in [1.29, 1.82) is 0 Å². The van der Waals surface area contributed by atoms with Crippen molar-refractivity contribution in [1.82, 2.24) is 9.91 Å². The summed E-state index contributed by atoms with van der Waals surface area (Å²) in [5.74, 6) is -0.813. The van der Waals surface area contributed by atoms with Crippen molar-refractivity contribution < 1.29 is 19.1 Å². The third kappa shape index (κ3) is 2.97. The summed E-state index contributed by atoms with van der Waals surface area (Å²) in [6.07, 6.45) is 2.17. The molecule has 1 atom stereocenters. The van der Waals surface area contributed by atoms with E-state index in [-0.39, 0.29) is 23.7 Å². The Hall–Kier alpha value is -1.92. The fourth-order valence-corrected chi connectivity index (χ4v) is 2.53. The number of nitrogens with zero attached hydrogens (tertiary/aromatic N) is 3. The van der Waals surface area contributed by atoms with Crippen LogP contribution in [0.2, 0.25) is 0 Å². The van der Waals surface area contributed by atoms with E-state index in [1.807, 2.05) is 0 Å². The van der Waals surface area contributed by atoms with Gasteiger partial charge in [-0.25, -0.2) is 5.01 Å². The second-order valence-corrected chi connectivity index (χ2v) is 5.08. The molecule has 2 aliphatic heterocycles. The van der Waals surface area contributed by atoms with E-state index in [0.717, 1.165) is 12.8 Å². The number of methoxy groups -OCH3 is 1. The summed E-state index contributed by atoms with van der Waals surface area (Å²) >= 11 is 0. The van der Waals surface area contributed by atoms with Gasteiger partial charge in [0.1, 0.15) is 5.71 Å². The summed E-state index contributed by atoms with van der Waals surface area (Å²) in [4.78, 5) is 36.9. The van der Waals surface area contributed by atoms with Crippen molar-refractivity contribution in [2.24, 2.45) is 11.0 Å². The Kier molecular flexibility index (Phi) is 4.36. The predicted octanol–water partition coefficient (Wildman–Crippen LogP) is 0.00620. The monoisotopic (exact) mass is 281 g/mol. The van der Waals surface area contributed by atoms with Crippen LogP contribution in [0.3, 0.4) is 0 Å². The van der Waals surface area contributed by atoms with Crippen LogP contribution in [-0.4, -0.2) is 60.7 Å². The molecule has 20 heavy (non-hydrogen) atoms. The Morgan fingerprint density at radius 1 is 1.35 bits per heavy atom. The molecule has 0 unspecified atom stereocenters. The quantitative estimate of drug-likeness (QED) is 0.668. The first kappa shape index (κ1) is 14.5. The highest BCUT2D eigenvalue weighted by Gasteiger charge is 2.32. The van der Waals surface area contributed by atoms with Gasteiger partial charge in [-0.1, -0.05) is 0 Å². The van der Waals surface area contributed by atoms with Gasteiger partial charge < -0.3 is 9.64 Å². The van der Waals surface area contributed by atoms with Crippen LogP contribution in [0.25, 0.3) is 0 Å². The SMILES string of the molecule is COC(=O)[C@H]1CCCN(C(=O)C2=NN(C)C(=O)CC2)C1. The third-order valence-electron chi connectivity index (χ3n) is 3.70. The second-order valence-electron chi connectivity index (χ2n) is 5.08. The molecule has 1 saturated heterocycles. The maximum Gasteiger partial charge on any atom is 0.310 e. The Morgan fingerprint density at radius 2 is 2.10 bits per heavy atom. The molecule has 0 saturated carbocycles. The Labute approximate surface area is 117 Å². The minimum atomic E-state index is -0.277. The van der Waals surface area contributed by atoms with Crippen LogP contribution in [0.1, 0.15) is 25.7 Å². The lowest BCUT2D eigenvalue weighted by molar-refractivity contribution is -0.148. The number of hydrazone groups is 1. The highest BCUT2D eigenvalue weighted by Crippen LogP contribution is 2.19. The molecule has 7 nitrogen and oxygen atoms in total. The van der Waals surface area contributed by atoms with Crippen molar-refractivity contribution in [2.45, 2.75) is 25.7 Å². The van der Waals surface area contributed by atoms with Gasteiger partial charge >= 0.3 is 5.97 Å². The topological polar surface area (TPSA) is 79.3 Å². The van der Waals surface area contributed by atoms with Gasteiger partial charge in [-0.05, 0) is 12.8 Å². The molecular weight excluding hydrogens is 262 g/mol. The fourth-order valence-electron chi connectivity index (χ4n) is 2.53. The summed E-state index contributed by atoms with van der Waals surface area (Å²) in [6.45, 7) is 0.977. The van der Waals surface area contributed by atoms with E-state index in [1.54, 1.807) is 11.9 Å². The van der Waals surface area contributed by atoms with E-state index in [2.05, 4.69) is 5.10 Å². The van der Waals surface area contributed by atoms with Gasteiger partial charge in [-0.3, -0.25) is 14.4 Å². The minimum absolute atomic E-state index is 0.0902. The van der Waals surface area contributed by atoms with Gasteiger partial charge in [0, 0.05) is 33.0 Å². The number of hydrogen-bond acceptors (Lipinski definition) is 5. The van der Waals surface area contributed by atoms with Crippen molar-refractivity contribution in [3.05, 3.63) is 0 Å². The molecule has 7 heteroatoms. The number of likely N-dealkylation sites (tertiary alicyclic amines) is 1. The van der Waals surface area contributed by atoms with Gasteiger partial charge in [0.15, 0.2) is 0 Å². The number of amides is 2. The lowest BCUT2D eigenvalue weighted by atomic mass is 9.97. The third-order valence-corrected chi connectivity index (χ3v) is 3.70. The second kappa shape index (κ2) is 6.02. The lowest BCUT2D eigenvalue weighted by Crippen LogP contribution is -2.46. The number of esters is 1. The van der Waals surface area contributed by atoms with Crippen LogP contribution < -0.4 is 0 Å². The summed E-state index contributed by atoms with van der Waals surface area (Å²) < 4.78 is 4.73. The first-order valence-electron chi connectivity index (χ1n) is 6.74. The summed E-state index contributed by atoms with van der Waals surface area (Å²) in [7, 11) is 2.90. The smallest absolute Gasteiger partial charge is 0.310 e. The maximum absolute atomic E-state index is 12.4. The Balaban J connectivity index is 2.04. The van der Waals surface area contributed by atoms with Gasteiger partial charge in [-0.15, -0.1) is 0 Å². The molecule has 0 N–H and O–H groups in total. The van der Waals surface area contributed by atoms with E-state index in [1.165, 1.54) is 12.1 Å². The normalized spacial score (nSPS) is 23.4. The molecule has 0 aromatic rings. The van der Waals surface area contributed by atoms with Crippen LogP contribution in [0.4, 0.5) is 0 Å². The molecule has 0 aromatic heterocycles. The zero-order valence-electron chi connectivity index (χ0n) is 11.8. The number of piperidine rings is 1. The van der Waals surface area contributed by atoms with Crippen molar-refractivity contribution in [3.63, 3.8) is 0 Å². The summed E-state index contributed by atoms with van der Waals surface area (Å²) in [6, 6.07) is 0. The van der Waals surface area contributed by atoms with E-state index in [0.29, 0.717) is 31.6 Å². The van der Waals surface area contributed by atoms with Gasteiger partial charge in [0.25, 0.3) is 5.91 Å². The summed E-state index contributed by atoms with van der Waals surface area (Å²) in [5.41, 5.74) is 0.387.